The average Bonchev–Trinajstić information content (AvgIpc) is 2.93. The molecule has 1 heterocycles. The highest BCUT2D eigenvalue weighted by molar-refractivity contribution is 6.19. The summed E-state index contributed by atoms with van der Waals surface area (Å²) in [6.45, 7) is 6.99. The van der Waals surface area contributed by atoms with Crippen LogP contribution in [0.15, 0.2) is 53.2 Å². The predicted molar refractivity (Wildman–Crippen MR) is 107 cm³/mol. The molecule has 3 rings (SSSR count). The highest BCUT2D eigenvalue weighted by Crippen LogP contribution is 2.30. The molecule has 0 aliphatic carbocycles. The second kappa shape index (κ2) is 8.08. The number of carbonyl (C=O) groups excluding carboxylic acids is 1. The highest BCUT2D eigenvalue weighted by atomic mass is 16.5. The van der Waals surface area contributed by atoms with Crippen LogP contribution in [0.3, 0.4) is 0 Å². The summed E-state index contributed by atoms with van der Waals surface area (Å²) in [6.07, 6.45) is 1.78. The number of aryl methyl sites for hydroxylation is 1. The number of amidine groups is 1. The van der Waals surface area contributed by atoms with Crippen LogP contribution in [0.1, 0.15) is 30.5 Å². The molecule has 0 radical (unpaired) electrons. The number of benzene rings is 2. The van der Waals surface area contributed by atoms with Gasteiger partial charge < -0.3 is 9.47 Å². The molecule has 0 saturated carbocycles. The highest BCUT2D eigenvalue weighted by Gasteiger charge is 2.27. The number of rotatable bonds is 6. The van der Waals surface area contributed by atoms with E-state index < -0.39 is 0 Å². The molecule has 1 aliphatic rings. The number of nitrogens with zero attached hydrogens (tertiary/aromatic N) is 2. The molecule has 0 aromatic heterocycles. The number of carbonyl (C=O) groups is 1. The number of ether oxygens (including phenoxy) is 2. The maximum Gasteiger partial charge on any atom is 0.277 e. The van der Waals surface area contributed by atoms with Crippen LogP contribution in [0.25, 0.3) is 6.08 Å². The summed E-state index contributed by atoms with van der Waals surface area (Å²) in [5.74, 6) is 1.88. The molecule has 2 aromatic rings. The second-order valence-corrected chi connectivity index (χ2v) is 6.27. The Labute approximate surface area is 159 Å². The third-order valence-electron chi connectivity index (χ3n) is 4.25. The van der Waals surface area contributed by atoms with Crippen molar-refractivity contribution in [3.63, 3.8) is 0 Å². The molecule has 0 N–H and O–H groups in total. The summed E-state index contributed by atoms with van der Waals surface area (Å²) in [6, 6.07) is 13.6. The smallest absolute Gasteiger partial charge is 0.277 e. The van der Waals surface area contributed by atoms with Crippen LogP contribution in [-0.2, 0) is 4.79 Å². The topological polar surface area (TPSA) is 51.1 Å². The van der Waals surface area contributed by atoms with Crippen molar-refractivity contribution < 1.29 is 14.3 Å². The van der Waals surface area contributed by atoms with E-state index >= 15 is 0 Å². The minimum Gasteiger partial charge on any atom is -0.490 e. The van der Waals surface area contributed by atoms with E-state index in [1.54, 1.807) is 18.0 Å². The lowest BCUT2D eigenvalue weighted by Crippen LogP contribution is -2.28. The summed E-state index contributed by atoms with van der Waals surface area (Å²) in [5.41, 5.74) is 3.33. The first-order valence-electron chi connectivity index (χ1n) is 9.08. The van der Waals surface area contributed by atoms with Gasteiger partial charge in [0, 0.05) is 12.6 Å². The van der Waals surface area contributed by atoms with E-state index in [9.17, 15) is 4.79 Å². The maximum atomic E-state index is 12.6. The molecule has 0 atom stereocenters. The van der Waals surface area contributed by atoms with Gasteiger partial charge in [-0.1, -0.05) is 35.9 Å². The Morgan fingerprint density at radius 1 is 1.00 bits per heavy atom. The van der Waals surface area contributed by atoms with Gasteiger partial charge in [-0.3, -0.25) is 9.69 Å². The molecule has 0 spiro atoms. The van der Waals surface area contributed by atoms with Crippen molar-refractivity contribution in [2.24, 2.45) is 4.99 Å². The molecule has 0 unspecified atom stereocenters. The van der Waals surface area contributed by atoms with Crippen molar-refractivity contribution in [1.82, 2.24) is 4.90 Å². The number of amides is 1. The van der Waals surface area contributed by atoms with Crippen LogP contribution in [0.4, 0.5) is 0 Å². The van der Waals surface area contributed by atoms with Crippen LogP contribution in [0.5, 0.6) is 11.5 Å². The van der Waals surface area contributed by atoms with Gasteiger partial charge in [-0.2, -0.15) is 0 Å². The number of hydrogen-bond acceptors (Lipinski definition) is 4. The third-order valence-corrected chi connectivity index (χ3v) is 4.25. The fourth-order valence-corrected chi connectivity index (χ4v) is 2.88. The molecule has 1 aliphatic heterocycles. The zero-order valence-corrected chi connectivity index (χ0v) is 16.2. The molecule has 0 saturated heterocycles. The fraction of sp³-hybridized carbons (Fsp3) is 0.273. The van der Waals surface area contributed by atoms with E-state index in [-0.39, 0.29) is 5.91 Å². The quantitative estimate of drug-likeness (QED) is 0.727. The third kappa shape index (κ3) is 4.03. The Morgan fingerprint density at radius 3 is 2.33 bits per heavy atom. The van der Waals surface area contributed by atoms with Crippen molar-refractivity contribution in [3.05, 3.63) is 64.9 Å². The fourth-order valence-electron chi connectivity index (χ4n) is 2.88. The lowest BCUT2D eigenvalue weighted by molar-refractivity contribution is -0.121. The van der Waals surface area contributed by atoms with Gasteiger partial charge in [0.25, 0.3) is 5.91 Å². The number of hydrogen-bond donors (Lipinski definition) is 0. The van der Waals surface area contributed by atoms with Crippen molar-refractivity contribution in [2.45, 2.75) is 20.8 Å². The van der Waals surface area contributed by atoms with Gasteiger partial charge >= 0.3 is 0 Å². The van der Waals surface area contributed by atoms with E-state index in [1.165, 1.54) is 5.56 Å². The molecule has 27 heavy (non-hydrogen) atoms. The van der Waals surface area contributed by atoms with Crippen LogP contribution in [0, 0.1) is 6.92 Å². The minimum absolute atomic E-state index is 0.127. The maximum absolute atomic E-state index is 12.6. The molecule has 5 heteroatoms. The lowest BCUT2D eigenvalue weighted by Gasteiger charge is -2.12. The summed E-state index contributed by atoms with van der Waals surface area (Å²) in [5, 5.41) is 0. The Hall–Kier alpha value is -3.08. The Morgan fingerprint density at radius 2 is 1.67 bits per heavy atom. The minimum atomic E-state index is -0.127. The summed E-state index contributed by atoms with van der Waals surface area (Å²) < 4.78 is 11.2. The molecule has 0 fully saturated rings. The van der Waals surface area contributed by atoms with E-state index in [2.05, 4.69) is 4.99 Å². The Bertz CT molecular complexity index is 898. The molecular weight excluding hydrogens is 340 g/mol. The van der Waals surface area contributed by atoms with Gasteiger partial charge in [-0.05, 0) is 44.5 Å². The van der Waals surface area contributed by atoms with E-state index in [0.717, 1.165) is 11.1 Å². The predicted octanol–water partition coefficient (Wildman–Crippen LogP) is 4.05. The van der Waals surface area contributed by atoms with E-state index in [0.29, 0.717) is 36.2 Å². The second-order valence-electron chi connectivity index (χ2n) is 6.27. The van der Waals surface area contributed by atoms with Gasteiger partial charge in [0.1, 0.15) is 11.5 Å². The Kier molecular flexibility index (Phi) is 5.60. The van der Waals surface area contributed by atoms with E-state index in [4.69, 9.17) is 9.47 Å². The van der Waals surface area contributed by atoms with Crippen molar-refractivity contribution >= 4 is 17.8 Å². The molecule has 0 bridgehead atoms. The molecular formula is C22H24N2O3. The van der Waals surface area contributed by atoms with Gasteiger partial charge in [-0.25, -0.2) is 4.99 Å². The normalized spacial score (nSPS) is 15.3. The monoisotopic (exact) mass is 364 g/mol. The van der Waals surface area contributed by atoms with Crippen LogP contribution < -0.4 is 9.47 Å². The standard InChI is InChI=1S/C22H24N2O3/c1-5-26-19-12-9-16(14-20(19)27-6-2)13-18-22(25)24(4)21(23-18)17-10-7-15(3)8-11-17/h7-14H,5-6H2,1-4H3/b18-13+. The van der Waals surface area contributed by atoms with Crippen molar-refractivity contribution in [3.8, 4) is 11.5 Å². The Balaban J connectivity index is 1.95. The van der Waals surface area contributed by atoms with E-state index in [1.807, 2.05) is 63.2 Å². The molecule has 1 amide bonds. The first-order valence-corrected chi connectivity index (χ1v) is 9.08. The van der Waals surface area contributed by atoms with Crippen molar-refractivity contribution in [2.75, 3.05) is 20.3 Å². The van der Waals surface area contributed by atoms with Crippen LogP contribution in [-0.4, -0.2) is 36.9 Å². The molecule has 5 nitrogen and oxygen atoms in total. The number of likely N-dealkylation sites (N-methyl/N-ethyl adjacent to an activating group) is 1. The zero-order chi connectivity index (χ0) is 19.4. The lowest BCUT2D eigenvalue weighted by atomic mass is 10.1. The van der Waals surface area contributed by atoms with Gasteiger partial charge in [-0.15, -0.1) is 0 Å². The first kappa shape index (κ1) is 18.7. The molecule has 140 valence electrons. The average molecular weight is 364 g/mol. The van der Waals surface area contributed by atoms with Crippen LogP contribution in [0.2, 0.25) is 0 Å². The van der Waals surface area contributed by atoms with Gasteiger partial charge in [0.15, 0.2) is 11.5 Å². The summed E-state index contributed by atoms with van der Waals surface area (Å²) in [7, 11) is 1.74. The van der Waals surface area contributed by atoms with Gasteiger partial charge in [0.2, 0.25) is 0 Å². The first-order chi connectivity index (χ1) is 13.0. The number of aliphatic imine (C=N–C) groups is 1. The molecule has 2 aromatic carbocycles. The van der Waals surface area contributed by atoms with Crippen LogP contribution >= 0.6 is 0 Å². The zero-order valence-electron chi connectivity index (χ0n) is 16.2. The van der Waals surface area contributed by atoms with Gasteiger partial charge in [0.05, 0.1) is 13.2 Å². The summed E-state index contributed by atoms with van der Waals surface area (Å²) >= 11 is 0. The van der Waals surface area contributed by atoms with Crippen molar-refractivity contribution in [1.29, 1.82) is 0 Å². The SMILES string of the molecule is CCOc1ccc(/C=C2/N=C(c3ccc(C)cc3)N(C)C2=O)cc1OCC. The summed E-state index contributed by atoms with van der Waals surface area (Å²) in [4.78, 5) is 18.8. The largest absolute Gasteiger partial charge is 0.490 e.